The van der Waals surface area contributed by atoms with Crippen molar-refractivity contribution in [1.29, 1.82) is 0 Å². The van der Waals surface area contributed by atoms with Gasteiger partial charge in [-0.2, -0.15) is 0 Å². The van der Waals surface area contributed by atoms with Crippen LogP contribution in [-0.4, -0.2) is 53.9 Å². The van der Waals surface area contributed by atoms with Crippen LogP contribution in [0.5, 0.6) is 0 Å². The molecule has 1 aromatic rings. The maximum Gasteiger partial charge on any atom is 0.329 e. The average molecular weight is 338 g/mol. The average Bonchev–Trinajstić information content (AvgIpc) is 2.51. The molecule has 8 heteroatoms. The molecule has 1 fully saturated rings. The van der Waals surface area contributed by atoms with Crippen molar-refractivity contribution < 1.29 is 24.2 Å². The molecule has 1 aliphatic rings. The van der Waals surface area contributed by atoms with Crippen LogP contribution in [0, 0.1) is 20.8 Å². The Morgan fingerprint density at radius 3 is 2.71 bits per heavy atom. The van der Waals surface area contributed by atoms with Gasteiger partial charge in [-0.05, 0) is 38.3 Å². The number of aromatic amines is 1. The third kappa shape index (κ3) is 4.01. The third-order valence-corrected chi connectivity index (χ3v) is 4.30. The molecule has 0 radical (unpaired) electrons. The number of hydrogen-bond acceptors (Lipinski definition) is 5. The third-order valence-electron chi connectivity index (χ3n) is 4.30. The van der Waals surface area contributed by atoms with Crippen LogP contribution >= 0.6 is 0 Å². The summed E-state index contributed by atoms with van der Waals surface area (Å²) < 4.78 is 10.5. The molecule has 3 N–H and O–H groups in total. The van der Waals surface area contributed by atoms with Crippen molar-refractivity contribution in [2.24, 2.45) is 0 Å². The summed E-state index contributed by atoms with van der Waals surface area (Å²) in [6.45, 7) is 5.50. The largest absolute Gasteiger partial charge is 0.480 e. The molecule has 1 amide bonds. The molecule has 1 saturated heterocycles. The van der Waals surface area contributed by atoms with Crippen LogP contribution in [0.2, 0.25) is 0 Å². The second-order valence-corrected chi connectivity index (χ2v) is 5.89. The van der Waals surface area contributed by atoms with E-state index in [1.165, 1.54) is 0 Å². The first-order valence-corrected chi connectivity index (χ1v) is 7.73. The van der Waals surface area contributed by atoms with E-state index in [1.54, 1.807) is 13.8 Å². The predicted octanol–water partition coefficient (Wildman–Crippen LogP) is 0.289. The molecule has 2 rings (SSSR count). The number of aromatic nitrogens is 1. The molecule has 0 aliphatic carbocycles. The Bertz CT molecular complexity index is 697. The van der Waals surface area contributed by atoms with Crippen molar-refractivity contribution >= 4 is 11.9 Å². The van der Waals surface area contributed by atoms with Gasteiger partial charge in [-0.15, -0.1) is 0 Å². The first-order valence-electron chi connectivity index (χ1n) is 7.73. The molecule has 132 valence electrons. The van der Waals surface area contributed by atoms with Crippen molar-refractivity contribution in [3.8, 4) is 0 Å². The van der Waals surface area contributed by atoms with Crippen molar-refractivity contribution in [2.45, 2.75) is 39.3 Å². The van der Waals surface area contributed by atoms with Crippen LogP contribution in [0.15, 0.2) is 4.79 Å². The number of pyridine rings is 1. The van der Waals surface area contributed by atoms with E-state index in [9.17, 15) is 14.4 Å². The summed E-state index contributed by atoms with van der Waals surface area (Å²) in [6.07, 6.45) is -0.0811. The van der Waals surface area contributed by atoms with Crippen molar-refractivity contribution in [1.82, 2.24) is 10.3 Å². The fourth-order valence-electron chi connectivity index (χ4n) is 2.70. The quantitative estimate of drug-likeness (QED) is 0.710. The molecule has 1 aromatic heterocycles. The lowest BCUT2D eigenvalue weighted by Gasteiger charge is -2.31. The molecular formula is C16H22N2O6. The number of carboxylic acid groups (broad SMARTS) is 1. The Hall–Kier alpha value is -2.19. The van der Waals surface area contributed by atoms with E-state index < -0.39 is 36.2 Å². The smallest absolute Gasteiger partial charge is 0.329 e. The lowest BCUT2D eigenvalue weighted by Crippen LogP contribution is -2.51. The minimum absolute atomic E-state index is 0.0709. The number of rotatable bonds is 5. The summed E-state index contributed by atoms with van der Waals surface area (Å²) in [6, 6.07) is -0.411. The van der Waals surface area contributed by atoms with Crippen LogP contribution in [0.4, 0.5) is 0 Å². The first-order chi connectivity index (χ1) is 11.3. The fourth-order valence-corrected chi connectivity index (χ4v) is 2.70. The molecule has 1 aliphatic heterocycles. The SMILES string of the molecule is Cc1[nH]c(=O)c(C(=O)N[C@@H]2CCOC[C@H]2OCC(=O)O)c(C)c1C. The molecule has 0 bridgehead atoms. The number of ether oxygens (including phenoxy) is 2. The lowest BCUT2D eigenvalue weighted by molar-refractivity contribution is -0.148. The molecule has 2 atom stereocenters. The fraction of sp³-hybridized carbons (Fsp3) is 0.562. The van der Waals surface area contributed by atoms with Gasteiger partial charge < -0.3 is 24.9 Å². The first kappa shape index (κ1) is 18.2. The number of carbonyl (C=O) groups excluding carboxylic acids is 1. The van der Waals surface area contributed by atoms with Gasteiger partial charge in [0.2, 0.25) is 0 Å². The Labute approximate surface area is 139 Å². The van der Waals surface area contributed by atoms with E-state index in [1.807, 2.05) is 6.92 Å². The molecular weight excluding hydrogens is 316 g/mol. The maximum atomic E-state index is 12.6. The van der Waals surface area contributed by atoms with Gasteiger partial charge in [0.15, 0.2) is 0 Å². The molecule has 0 saturated carbocycles. The Morgan fingerprint density at radius 1 is 1.33 bits per heavy atom. The summed E-state index contributed by atoms with van der Waals surface area (Å²) in [5, 5.41) is 11.5. The normalized spacial score (nSPS) is 20.6. The van der Waals surface area contributed by atoms with Crippen LogP contribution < -0.4 is 10.9 Å². The maximum absolute atomic E-state index is 12.6. The van der Waals surface area contributed by atoms with E-state index in [0.29, 0.717) is 18.6 Å². The molecule has 24 heavy (non-hydrogen) atoms. The summed E-state index contributed by atoms with van der Waals surface area (Å²) in [5.74, 6) is -1.58. The van der Waals surface area contributed by atoms with Crippen molar-refractivity contribution in [3.63, 3.8) is 0 Å². The predicted molar refractivity (Wildman–Crippen MR) is 85.3 cm³/mol. The van der Waals surface area contributed by atoms with Crippen LogP contribution in [-0.2, 0) is 14.3 Å². The number of carboxylic acids is 1. The highest BCUT2D eigenvalue weighted by Crippen LogP contribution is 2.15. The Kier molecular flexibility index (Phi) is 5.74. The summed E-state index contributed by atoms with van der Waals surface area (Å²) >= 11 is 0. The van der Waals surface area contributed by atoms with Gasteiger partial charge in [0, 0.05) is 12.3 Å². The highest BCUT2D eigenvalue weighted by atomic mass is 16.5. The lowest BCUT2D eigenvalue weighted by atomic mass is 10.0. The zero-order chi connectivity index (χ0) is 17.9. The van der Waals surface area contributed by atoms with E-state index >= 15 is 0 Å². The summed E-state index contributed by atoms with van der Waals surface area (Å²) in [4.78, 5) is 38.0. The number of amides is 1. The Morgan fingerprint density at radius 2 is 2.04 bits per heavy atom. The number of nitrogens with one attached hydrogen (secondary N) is 2. The topological polar surface area (TPSA) is 118 Å². The summed E-state index contributed by atoms with van der Waals surface area (Å²) in [5.41, 5.74) is 1.83. The molecule has 0 spiro atoms. The minimum atomic E-state index is -1.09. The monoisotopic (exact) mass is 338 g/mol. The van der Waals surface area contributed by atoms with Crippen molar-refractivity contribution in [2.75, 3.05) is 19.8 Å². The van der Waals surface area contributed by atoms with E-state index in [2.05, 4.69) is 10.3 Å². The number of aryl methyl sites for hydroxylation is 1. The Balaban J connectivity index is 2.17. The number of hydrogen-bond donors (Lipinski definition) is 3. The highest BCUT2D eigenvalue weighted by Gasteiger charge is 2.30. The minimum Gasteiger partial charge on any atom is -0.480 e. The molecule has 8 nitrogen and oxygen atoms in total. The standard InChI is InChI=1S/C16H22N2O6/c1-8-9(2)14(15(21)17-10(8)3)16(22)18-11-4-5-23-6-12(11)24-7-13(19)20/h11-12H,4-7H2,1-3H3,(H,17,21)(H,18,22)(H,19,20)/t11-,12-/m1/s1. The van der Waals surface area contributed by atoms with E-state index in [0.717, 1.165) is 11.3 Å². The van der Waals surface area contributed by atoms with E-state index in [-0.39, 0.29) is 12.2 Å². The van der Waals surface area contributed by atoms with Crippen LogP contribution in [0.1, 0.15) is 33.6 Å². The van der Waals surface area contributed by atoms with Gasteiger partial charge in [-0.1, -0.05) is 0 Å². The molecule has 0 unspecified atom stereocenters. The zero-order valence-electron chi connectivity index (χ0n) is 14.0. The van der Waals surface area contributed by atoms with E-state index in [4.69, 9.17) is 14.6 Å². The zero-order valence-corrected chi connectivity index (χ0v) is 14.0. The number of H-pyrrole nitrogens is 1. The van der Waals surface area contributed by atoms with Gasteiger partial charge in [-0.3, -0.25) is 9.59 Å². The van der Waals surface area contributed by atoms with Gasteiger partial charge in [0.1, 0.15) is 18.3 Å². The number of aliphatic carboxylic acids is 1. The molecule has 0 aromatic carbocycles. The summed E-state index contributed by atoms with van der Waals surface area (Å²) in [7, 11) is 0. The molecule has 2 heterocycles. The second-order valence-electron chi connectivity index (χ2n) is 5.89. The highest BCUT2D eigenvalue weighted by molar-refractivity contribution is 5.95. The number of carbonyl (C=O) groups is 2. The van der Waals surface area contributed by atoms with Gasteiger partial charge in [0.25, 0.3) is 11.5 Å². The van der Waals surface area contributed by atoms with Gasteiger partial charge in [-0.25, -0.2) is 4.79 Å². The van der Waals surface area contributed by atoms with Crippen LogP contribution in [0.25, 0.3) is 0 Å². The van der Waals surface area contributed by atoms with Crippen LogP contribution in [0.3, 0.4) is 0 Å². The van der Waals surface area contributed by atoms with Gasteiger partial charge >= 0.3 is 5.97 Å². The van der Waals surface area contributed by atoms with Gasteiger partial charge in [0.05, 0.1) is 12.6 Å². The second kappa shape index (κ2) is 7.59. The van der Waals surface area contributed by atoms with Crippen molar-refractivity contribution in [3.05, 3.63) is 32.7 Å².